The summed E-state index contributed by atoms with van der Waals surface area (Å²) in [7, 11) is 0. The second kappa shape index (κ2) is 2.56. The molecule has 78 valence electrons. The highest BCUT2D eigenvalue weighted by atomic mass is 16.3. The first-order chi connectivity index (χ1) is 6.66. The molecule has 14 heavy (non-hydrogen) atoms. The quantitative estimate of drug-likeness (QED) is 0.578. The average Bonchev–Trinajstić information content (AvgIpc) is 2.16. The van der Waals surface area contributed by atoms with Crippen molar-refractivity contribution in [2.45, 2.75) is 19.1 Å². The van der Waals surface area contributed by atoms with Gasteiger partial charge in [0.25, 0.3) is 0 Å². The van der Waals surface area contributed by atoms with Gasteiger partial charge >= 0.3 is 0 Å². The topological polar surface area (TPSA) is 60.8 Å². The molecule has 4 aliphatic rings. The normalized spacial score (nSPS) is 55.4. The molecule has 1 saturated carbocycles. The van der Waals surface area contributed by atoms with Crippen LogP contribution >= 0.6 is 0 Å². The van der Waals surface area contributed by atoms with Crippen LogP contribution in [-0.2, 0) is 4.79 Å². The maximum absolute atomic E-state index is 11.7. The third-order valence-electron chi connectivity index (χ3n) is 4.23. The van der Waals surface area contributed by atoms with E-state index < -0.39 is 11.6 Å². The number of hydrogen-bond acceptors (Lipinski definition) is 4. The van der Waals surface area contributed by atoms with E-state index in [9.17, 15) is 15.0 Å². The third-order valence-corrected chi connectivity index (χ3v) is 4.23. The monoisotopic (exact) mass is 197 g/mol. The predicted octanol–water partition coefficient (Wildman–Crippen LogP) is -0.792. The van der Waals surface area contributed by atoms with Gasteiger partial charge in [-0.15, -0.1) is 0 Å². The van der Waals surface area contributed by atoms with E-state index in [0.717, 1.165) is 0 Å². The molecule has 0 radical (unpaired) electrons. The zero-order chi connectivity index (χ0) is 9.92. The summed E-state index contributed by atoms with van der Waals surface area (Å²) >= 11 is 0. The van der Waals surface area contributed by atoms with Crippen molar-refractivity contribution >= 4 is 5.78 Å². The van der Waals surface area contributed by atoms with Crippen molar-refractivity contribution < 1.29 is 15.0 Å². The Morgan fingerprint density at radius 3 is 2.43 bits per heavy atom. The van der Waals surface area contributed by atoms with E-state index in [1.54, 1.807) is 0 Å². The predicted molar refractivity (Wildman–Crippen MR) is 48.3 cm³/mol. The Bertz CT molecular complexity index is 273. The van der Waals surface area contributed by atoms with Crippen LogP contribution in [0.15, 0.2) is 0 Å². The Morgan fingerprint density at radius 2 is 1.93 bits per heavy atom. The van der Waals surface area contributed by atoms with Crippen LogP contribution in [0.25, 0.3) is 0 Å². The molecule has 4 heteroatoms. The second-order valence-electron chi connectivity index (χ2n) is 5.05. The molecule has 3 atom stereocenters. The summed E-state index contributed by atoms with van der Waals surface area (Å²) in [6, 6.07) is 0. The summed E-state index contributed by atoms with van der Waals surface area (Å²) in [5.74, 6) is 0.494. The fourth-order valence-corrected chi connectivity index (χ4v) is 3.56. The number of carbonyl (C=O) groups is 1. The number of hydrogen-bond donors (Lipinski definition) is 2. The number of aliphatic hydroxyl groups excluding tert-OH is 2. The van der Waals surface area contributed by atoms with Gasteiger partial charge < -0.3 is 10.2 Å². The zero-order valence-electron chi connectivity index (χ0n) is 8.02. The van der Waals surface area contributed by atoms with E-state index in [1.807, 2.05) is 4.90 Å². The summed E-state index contributed by atoms with van der Waals surface area (Å²) in [6.45, 7) is 1.39. The number of rotatable bonds is 1. The van der Waals surface area contributed by atoms with Crippen LogP contribution in [-0.4, -0.2) is 46.8 Å². The highest BCUT2D eigenvalue weighted by Crippen LogP contribution is 2.51. The Kier molecular flexibility index (Phi) is 1.62. The van der Waals surface area contributed by atoms with Crippen LogP contribution in [0, 0.1) is 17.3 Å². The molecule has 3 heterocycles. The Morgan fingerprint density at radius 1 is 1.36 bits per heavy atom. The molecule has 4 fully saturated rings. The van der Waals surface area contributed by atoms with Crippen molar-refractivity contribution in [3.05, 3.63) is 0 Å². The van der Waals surface area contributed by atoms with Gasteiger partial charge in [0.05, 0.1) is 6.61 Å². The largest absolute Gasteiger partial charge is 0.396 e. The van der Waals surface area contributed by atoms with Gasteiger partial charge in [0.1, 0.15) is 12.0 Å². The molecular weight excluding hydrogens is 182 g/mol. The third kappa shape index (κ3) is 0.865. The van der Waals surface area contributed by atoms with E-state index in [1.165, 1.54) is 0 Å². The lowest BCUT2D eigenvalue weighted by Crippen LogP contribution is -2.68. The maximum atomic E-state index is 11.7. The smallest absolute Gasteiger partial charge is 0.141 e. The number of piperidine rings is 3. The fraction of sp³-hybridized carbons (Fsp3) is 0.900. The van der Waals surface area contributed by atoms with E-state index in [0.29, 0.717) is 31.7 Å². The van der Waals surface area contributed by atoms with Crippen LogP contribution in [0.1, 0.15) is 12.8 Å². The van der Waals surface area contributed by atoms with Crippen LogP contribution in [0.3, 0.4) is 0 Å². The lowest BCUT2D eigenvalue weighted by Gasteiger charge is -2.59. The van der Waals surface area contributed by atoms with Gasteiger partial charge in [0.15, 0.2) is 0 Å². The van der Waals surface area contributed by atoms with Gasteiger partial charge in [-0.2, -0.15) is 0 Å². The van der Waals surface area contributed by atoms with Crippen molar-refractivity contribution in [1.82, 2.24) is 4.90 Å². The van der Waals surface area contributed by atoms with E-state index in [-0.39, 0.29) is 18.4 Å². The van der Waals surface area contributed by atoms with Gasteiger partial charge in [-0.1, -0.05) is 0 Å². The zero-order valence-corrected chi connectivity index (χ0v) is 8.02. The molecule has 3 unspecified atom stereocenters. The Hall–Kier alpha value is -0.450. The molecule has 0 aromatic heterocycles. The first-order valence-corrected chi connectivity index (χ1v) is 5.23. The molecule has 0 aromatic rings. The molecule has 0 amide bonds. The summed E-state index contributed by atoms with van der Waals surface area (Å²) < 4.78 is 0. The molecule has 1 aliphatic carbocycles. The molecule has 0 aromatic carbocycles. The maximum Gasteiger partial charge on any atom is 0.141 e. The highest BCUT2D eigenvalue weighted by molar-refractivity contribution is 5.86. The number of ketones is 1. The number of nitrogens with zero attached hydrogens (tertiary/aromatic N) is 1. The van der Waals surface area contributed by atoms with Crippen molar-refractivity contribution in [3.8, 4) is 0 Å². The van der Waals surface area contributed by atoms with Crippen LogP contribution in [0.4, 0.5) is 0 Å². The standard InChI is InChI=1S/C10H15NO3/c12-5-10-1-6-3-11(9(10)14)4-7(2-10)8(6)13/h6-7,9,12,14H,1-5H2. The van der Waals surface area contributed by atoms with Gasteiger partial charge in [0.2, 0.25) is 0 Å². The lowest BCUT2D eigenvalue weighted by atomic mass is 9.58. The van der Waals surface area contributed by atoms with Crippen LogP contribution < -0.4 is 0 Å². The van der Waals surface area contributed by atoms with Gasteiger partial charge in [-0.25, -0.2) is 0 Å². The van der Waals surface area contributed by atoms with Crippen molar-refractivity contribution in [2.75, 3.05) is 19.7 Å². The van der Waals surface area contributed by atoms with Crippen molar-refractivity contribution in [3.63, 3.8) is 0 Å². The minimum absolute atomic E-state index is 0.00491. The van der Waals surface area contributed by atoms with E-state index >= 15 is 0 Å². The summed E-state index contributed by atoms with van der Waals surface area (Å²) in [6.07, 6.45) is 0.820. The van der Waals surface area contributed by atoms with Crippen LogP contribution in [0.2, 0.25) is 0 Å². The number of Topliss-reactive ketones (excluding diaryl/α,β-unsaturated/α-hetero) is 1. The Labute approximate surface area is 82.5 Å². The average molecular weight is 197 g/mol. The molecule has 0 spiro atoms. The SMILES string of the molecule is O=C1C2CN3CC1CC(CO)(C2)C3O. The minimum Gasteiger partial charge on any atom is -0.396 e. The van der Waals surface area contributed by atoms with Gasteiger partial charge in [-0.05, 0) is 12.8 Å². The molecule has 4 nitrogen and oxygen atoms in total. The summed E-state index contributed by atoms with van der Waals surface area (Å²) in [4.78, 5) is 13.7. The van der Waals surface area contributed by atoms with E-state index in [2.05, 4.69) is 0 Å². The highest BCUT2D eigenvalue weighted by Gasteiger charge is 2.59. The van der Waals surface area contributed by atoms with Crippen molar-refractivity contribution in [2.24, 2.45) is 17.3 Å². The molecule has 4 bridgehead atoms. The van der Waals surface area contributed by atoms with Gasteiger partial charge in [-0.3, -0.25) is 9.69 Å². The summed E-state index contributed by atoms with van der Waals surface area (Å²) in [5.41, 5.74) is -0.403. The number of aliphatic hydroxyl groups is 2. The molecule has 3 aliphatic heterocycles. The summed E-state index contributed by atoms with van der Waals surface area (Å²) in [5, 5.41) is 19.4. The van der Waals surface area contributed by atoms with Crippen molar-refractivity contribution in [1.29, 1.82) is 0 Å². The molecule has 2 N–H and O–H groups in total. The van der Waals surface area contributed by atoms with Gasteiger partial charge in [0, 0.05) is 30.3 Å². The van der Waals surface area contributed by atoms with E-state index in [4.69, 9.17) is 0 Å². The second-order valence-corrected chi connectivity index (χ2v) is 5.05. The molecule has 4 rings (SSSR count). The first kappa shape index (κ1) is 8.83. The first-order valence-electron chi connectivity index (χ1n) is 5.23. The molecular formula is C10H15NO3. The number of carbonyl (C=O) groups excluding carboxylic acids is 1. The molecule has 3 saturated heterocycles. The minimum atomic E-state index is -0.534. The Balaban J connectivity index is 2.00. The lowest BCUT2D eigenvalue weighted by molar-refractivity contribution is -0.216. The van der Waals surface area contributed by atoms with Crippen LogP contribution in [0.5, 0.6) is 0 Å². The fourth-order valence-electron chi connectivity index (χ4n) is 3.56.